The molecule has 2 heterocycles. The minimum atomic E-state index is -0.966. The Morgan fingerprint density at radius 2 is 2.09 bits per heavy atom. The Morgan fingerprint density at radius 3 is 2.73 bits per heavy atom. The molecule has 1 fully saturated rings. The maximum Gasteiger partial charge on any atom is 0.127 e. The molecule has 1 saturated heterocycles. The van der Waals surface area contributed by atoms with E-state index in [4.69, 9.17) is 0 Å². The van der Waals surface area contributed by atoms with Crippen molar-refractivity contribution in [2.24, 2.45) is 5.41 Å². The van der Waals surface area contributed by atoms with Gasteiger partial charge in [0.15, 0.2) is 0 Å². The number of nitrogens with zero attached hydrogens (tertiary/aromatic N) is 2. The lowest BCUT2D eigenvalue weighted by atomic mass is 9.78. The van der Waals surface area contributed by atoms with Crippen molar-refractivity contribution in [2.75, 3.05) is 13.1 Å². The lowest BCUT2D eigenvalue weighted by Crippen LogP contribution is -2.38. The highest BCUT2D eigenvalue weighted by molar-refractivity contribution is 5.19. The highest BCUT2D eigenvalue weighted by Gasteiger charge is 2.33. The molecule has 1 aliphatic rings. The zero-order valence-corrected chi connectivity index (χ0v) is 14.3. The molecule has 3 heteroatoms. The van der Waals surface area contributed by atoms with Crippen LogP contribution in [-0.2, 0) is 0 Å². The summed E-state index contributed by atoms with van der Waals surface area (Å²) >= 11 is 0. The topological polar surface area (TPSA) is 36.4 Å². The fraction of sp³-hybridized carbons (Fsp3) is 0.632. The highest BCUT2D eigenvalue weighted by Crippen LogP contribution is 2.31. The number of hydrogen-bond acceptors (Lipinski definition) is 3. The second-order valence-corrected chi connectivity index (χ2v) is 7.39. The molecule has 0 amide bonds. The Kier molecular flexibility index (Phi) is 5.26. The van der Waals surface area contributed by atoms with Crippen LogP contribution < -0.4 is 0 Å². The van der Waals surface area contributed by atoms with Gasteiger partial charge in [0, 0.05) is 23.9 Å². The molecule has 120 valence electrons. The Balaban J connectivity index is 2.08. The number of aromatic nitrogens is 1. The van der Waals surface area contributed by atoms with Gasteiger partial charge < -0.3 is 5.11 Å². The largest absolute Gasteiger partial charge is 0.377 e. The van der Waals surface area contributed by atoms with Crippen LogP contribution in [0.2, 0.25) is 0 Å². The van der Waals surface area contributed by atoms with Crippen molar-refractivity contribution < 1.29 is 5.11 Å². The van der Waals surface area contributed by atoms with Crippen molar-refractivity contribution >= 4 is 0 Å². The minimum absolute atomic E-state index is 0.245. The molecule has 0 spiro atoms. The molecule has 1 aliphatic heterocycles. The van der Waals surface area contributed by atoms with Gasteiger partial charge in [0.1, 0.15) is 5.60 Å². The average molecular weight is 300 g/mol. The number of rotatable bonds is 2. The first-order chi connectivity index (χ1) is 10.3. The van der Waals surface area contributed by atoms with Crippen molar-refractivity contribution in [3.8, 4) is 11.8 Å². The van der Waals surface area contributed by atoms with Gasteiger partial charge in [0.05, 0.1) is 6.54 Å². The monoisotopic (exact) mass is 300 g/mol. The lowest BCUT2D eigenvalue weighted by molar-refractivity contribution is 0.0127. The number of aliphatic hydroxyl groups is 1. The Bertz CT molecular complexity index is 534. The molecule has 2 unspecified atom stereocenters. The van der Waals surface area contributed by atoms with E-state index < -0.39 is 5.60 Å². The lowest BCUT2D eigenvalue weighted by Gasteiger charge is -2.35. The maximum atomic E-state index is 10.5. The standard InChI is InChI=1S/C19H28N2O/c1-18(2,3)19(4,22)11-8-14-21-13-6-5-10-17(21)16-9-7-12-20-15-16/h7,9,12,15,17,22H,5-6,10,13-14H2,1-4H3. The van der Waals surface area contributed by atoms with Crippen LogP contribution in [0.25, 0.3) is 0 Å². The van der Waals surface area contributed by atoms with Crippen LogP contribution in [-0.4, -0.2) is 33.7 Å². The van der Waals surface area contributed by atoms with Gasteiger partial charge >= 0.3 is 0 Å². The second-order valence-electron chi connectivity index (χ2n) is 7.39. The number of likely N-dealkylation sites (tertiary alicyclic amines) is 1. The van der Waals surface area contributed by atoms with Gasteiger partial charge in [0.25, 0.3) is 0 Å². The van der Waals surface area contributed by atoms with Crippen molar-refractivity contribution in [3.05, 3.63) is 30.1 Å². The third-order valence-electron chi connectivity index (χ3n) is 4.76. The molecule has 0 bridgehead atoms. The molecular formula is C19H28N2O. The van der Waals surface area contributed by atoms with E-state index in [1.165, 1.54) is 18.4 Å². The van der Waals surface area contributed by atoms with Crippen LogP contribution in [0.5, 0.6) is 0 Å². The molecule has 0 aliphatic carbocycles. The van der Waals surface area contributed by atoms with Crippen molar-refractivity contribution in [2.45, 2.75) is 58.6 Å². The molecule has 0 aromatic carbocycles. The first kappa shape index (κ1) is 17.0. The molecule has 3 nitrogen and oxygen atoms in total. The molecule has 1 aromatic rings. The van der Waals surface area contributed by atoms with Gasteiger partial charge in [-0.3, -0.25) is 9.88 Å². The molecule has 22 heavy (non-hydrogen) atoms. The summed E-state index contributed by atoms with van der Waals surface area (Å²) in [5, 5.41) is 10.5. The summed E-state index contributed by atoms with van der Waals surface area (Å²) in [6, 6.07) is 4.55. The van der Waals surface area contributed by atoms with Crippen LogP contribution >= 0.6 is 0 Å². The number of piperidine rings is 1. The Labute approximate surface area is 134 Å². The van der Waals surface area contributed by atoms with Crippen molar-refractivity contribution in [1.29, 1.82) is 0 Å². The van der Waals surface area contributed by atoms with E-state index in [0.717, 1.165) is 13.0 Å². The van der Waals surface area contributed by atoms with E-state index in [-0.39, 0.29) is 5.41 Å². The van der Waals surface area contributed by atoms with Crippen LogP contribution in [0.15, 0.2) is 24.5 Å². The fourth-order valence-corrected chi connectivity index (χ4v) is 2.63. The summed E-state index contributed by atoms with van der Waals surface area (Å²) in [6.45, 7) is 9.61. The smallest absolute Gasteiger partial charge is 0.127 e. The fourth-order valence-electron chi connectivity index (χ4n) is 2.63. The molecule has 1 N–H and O–H groups in total. The zero-order chi connectivity index (χ0) is 16.2. The highest BCUT2D eigenvalue weighted by atomic mass is 16.3. The molecule has 2 rings (SSSR count). The maximum absolute atomic E-state index is 10.5. The number of hydrogen-bond donors (Lipinski definition) is 1. The molecule has 0 radical (unpaired) electrons. The van der Waals surface area contributed by atoms with Crippen molar-refractivity contribution in [3.63, 3.8) is 0 Å². The predicted octanol–water partition coefficient (Wildman–Crippen LogP) is 3.41. The molecule has 2 atom stereocenters. The average Bonchev–Trinajstić information content (AvgIpc) is 2.47. The van der Waals surface area contributed by atoms with Gasteiger partial charge in [-0.15, -0.1) is 0 Å². The summed E-state index contributed by atoms with van der Waals surface area (Å²) in [6.07, 6.45) is 7.40. The summed E-state index contributed by atoms with van der Waals surface area (Å²) in [5.41, 5.74) is 0.0589. The van der Waals surface area contributed by atoms with Gasteiger partial charge in [0.2, 0.25) is 0 Å². The van der Waals surface area contributed by atoms with E-state index >= 15 is 0 Å². The normalized spacial score (nSPS) is 22.5. The van der Waals surface area contributed by atoms with Crippen LogP contribution in [0, 0.1) is 17.3 Å². The third-order valence-corrected chi connectivity index (χ3v) is 4.76. The van der Waals surface area contributed by atoms with E-state index in [9.17, 15) is 5.11 Å². The Morgan fingerprint density at radius 1 is 1.32 bits per heavy atom. The van der Waals surface area contributed by atoms with Gasteiger partial charge in [-0.2, -0.15) is 0 Å². The molecule has 1 aromatic heterocycles. The SMILES string of the molecule is CC(C)(C)C(C)(O)C#CCN1CCCCC1c1cccnc1. The van der Waals surface area contributed by atoms with E-state index in [0.29, 0.717) is 12.6 Å². The molecular weight excluding hydrogens is 272 g/mol. The zero-order valence-electron chi connectivity index (χ0n) is 14.3. The van der Waals surface area contributed by atoms with E-state index in [1.807, 2.05) is 39.2 Å². The quantitative estimate of drug-likeness (QED) is 0.850. The Hall–Kier alpha value is -1.37. The van der Waals surface area contributed by atoms with Crippen LogP contribution in [0.4, 0.5) is 0 Å². The number of pyridine rings is 1. The summed E-state index contributed by atoms with van der Waals surface area (Å²) in [4.78, 5) is 6.65. The predicted molar refractivity (Wildman–Crippen MR) is 90.3 cm³/mol. The first-order valence-electron chi connectivity index (χ1n) is 8.18. The minimum Gasteiger partial charge on any atom is -0.377 e. The summed E-state index contributed by atoms with van der Waals surface area (Å²) < 4.78 is 0. The molecule has 0 saturated carbocycles. The summed E-state index contributed by atoms with van der Waals surface area (Å²) in [7, 11) is 0. The summed E-state index contributed by atoms with van der Waals surface area (Å²) in [5.74, 6) is 6.27. The van der Waals surface area contributed by atoms with Gasteiger partial charge in [-0.25, -0.2) is 0 Å². The van der Waals surface area contributed by atoms with Gasteiger partial charge in [-0.1, -0.05) is 45.1 Å². The third kappa shape index (κ3) is 4.09. The van der Waals surface area contributed by atoms with Crippen LogP contribution in [0.1, 0.15) is 58.6 Å². The van der Waals surface area contributed by atoms with E-state index in [1.54, 1.807) is 6.92 Å². The first-order valence-corrected chi connectivity index (χ1v) is 8.18. The van der Waals surface area contributed by atoms with E-state index in [2.05, 4.69) is 27.8 Å². The second kappa shape index (κ2) is 6.81. The van der Waals surface area contributed by atoms with Crippen LogP contribution in [0.3, 0.4) is 0 Å². The van der Waals surface area contributed by atoms with Crippen molar-refractivity contribution in [1.82, 2.24) is 9.88 Å². The van der Waals surface area contributed by atoms with Gasteiger partial charge in [-0.05, 0) is 37.9 Å².